The third kappa shape index (κ3) is 2.64. The molecule has 4 nitrogen and oxygen atoms in total. The second kappa shape index (κ2) is 5.16. The van der Waals surface area contributed by atoms with E-state index < -0.39 is 0 Å². The quantitative estimate of drug-likeness (QED) is 0.779. The molecule has 2 heterocycles. The fourth-order valence-electron chi connectivity index (χ4n) is 1.93. The first-order valence-corrected chi connectivity index (χ1v) is 5.67. The van der Waals surface area contributed by atoms with Crippen molar-refractivity contribution in [2.24, 2.45) is 0 Å². The number of ether oxygens (including phenoxy) is 1. The third-order valence-electron chi connectivity index (χ3n) is 2.85. The highest BCUT2D eigenvalue weighted by Gasteiger charge is 2.23. The Morgan fingerprint density at radius 1 is 1.62 bits per heavy atom. The van der Waals surface area contributed by atoms with Crippen LogP contribution in [0.25, 0.3) is 0 Å². The van der Waals surface area contributed by atoms with Crippen molar-refractivity contribution in [1.82, 2.24) is 4.90 Å². The van der Waals surface area contributed by atoms with Gasteiger partial charge in [0, 0.05) is 19.4 Å². The zero-order valence-electron chi connectivity index (χ0n) is 9.52. The van der Waals surface area contributed by atoms with Crippen molar-refractivity contribution in [3.63, 3.8) is 0 Å². The molecular formula is C12H17NO3. The Morgan fingerprint density at radius 2 is 2.50 bits per heavy atom. The van der Waals surface area contributed by atoms with Gasteiger partial charge in [-0.2, -0.15) is 0 Å². The van der Waals surface area contributed by atoms with Crippen LogP contribution >= 0.6 is 0 Å². The van der Waals surface area contributed by atoms with Crippen LogP contribution in [0.3, 0.4) is 0 Å². The summed E-state index contributed by atoms with van der Waals surface area (Å²) >= 11 is 0. The lowest BCUT2D eigenvalue weighted by molar-refractivity contribution is -0.139. The van der Waals surface area contributed by atoms with Crippen LogP contribution in [0.1, 0.15) is 19.1 Å². The average Bonchev–Trinajstić information content (AvgIpc) is 2.79. The van der Waals surface area contributed by atoms with E-state index in [0.717, 1.165) is 5.76 Å². The Balaban J connectivity index is 1.83. The van der Waals surface area contributed by atoms with E-state index in [0.29, 0.717) is 32.6 Å². The second-order valence-corrected chi connectivity index (χ2v) is 4.09. The van der Waals surface area contributed by atoms with Crippen LogP contribution in [0.15, 0.2) is 22.8 Å². The highest BCUT2D eigenvalue weighted by atomic mass is 16.5. The number of hydrogen-bond donors (Lipinski definition) is 0. The summed E-state index contributed by atoms with van der Waals surface area (Å²) in [6.45, 7) is 4.02. The summed E-state index contributed by atoms with van der Waals surface area (Å²) in [5, 5.41) is 0. The minimum absolute atomic E-state index is 0.187. The Kier molecular flexibility index (Phi) is 3.62. The van der Waals surface area contributed by atoms with E-state index in [2.05, 4.69) is 0 Å². The average molecular weight is 223 g/mol. The maximum Gasteiger partial charge on any atom is 0.223 e. The smallest absolute Gasteiger partial charge is 0.223 e. The molecule has 16 heavy (non-hydrogen) atoms. The van der Waals surface area contributed by atoms with Gasteiger partial charge in [0.05, 0.1) is 25.5 Å². The molecule has 1 unspecified atom stereocenters. The number of nitrogens with zero attached hydrogens (tertiary/aromatic N) is 1. The predicted octanol–water partition coefficient (Wildman–Crippen LogP) is 1.46. The number of aryl methyl sites for hydroxylation is 1. The van der Waals surface area contributed by atoms with Crippen LogP contribution in [0, 0.1) is 0 Å². The Bertz CT molecular complexity index is 334. The molecule has 0 aliphatic carbocycles. The number of rotatable bonds is 3. The van der Waals surface area contributed by atoms with E-state index >= 15 is 0 Å². The summed E-state index contributed by atoms with van der Waals surface area (Å²) < 4.78 is 10.5. The van der Waals surface area contributed by atoms with Gasteiger partial charge in [0.2, 0.25) is 5.91 Å². The van der Waals surface area contributed by atoms with E-state index in [1.165, 1.54) is 0 Å². The zero-order valence-corrected chi connectivity index (χ0v) is 9.52. The number of carbonyl (C=O) groups is 1. The zero-order chi connectivity index (χ0) is 11.4. The molecule has 1 atom stereocenters. The fraction of sp³-hybridized carbons (Fsp3) is 0.583. The molecule has 1 aromatic rings. The number of furan rings is 1. The largest absolute Gasteiger partial charge is 0.469 e. The van der Waals surface area contributed by atoms with E-state index in [4.69, 9.17) is 9.15 Å². The summed E-state index contributed by atoms with van der Waals surface area (Å²) in [7, 11) is 0. The molecule has 88 valence electrons. The summed E-state index contributed by atoms with van der Waals surface area (Å²) in [6.07, 6.45) is 2.82. The maximum atomic E-state index is 11.9. The van der Waals surface area contributed by atoms with Gasteiger partial charge in [-0.25, -0.2) is 0 Å². The number of hydrogen-bond acceptors (Lipinski definition) is 3. The van der Waals surface area contributed by atoms with E-state index in [1.807, 2.05) is 24.0 Å². The molecule has 0 bridgehead atoms. The highest BCUT2D eigenvalue weighted by molar-refractivity contribution is 5.76. The molecule has 1 amide bonds. The Morgan fingerprint density at radius 3 is 3.19 bits per heavy atom. The van der Waals surface area contributed by atoms with Crippen molar-refractivity contribution in [2.75, 3.05) is 19.8 Å². The first-order valence-electron chi connectivity index (χ1n) is 5.67. The van der Waals surface area contributed by atoms with Gasteiger partial charge in [-0.05, 0) is 19.1 Å². The SMILES string of the molecule is CC1COCCN1C(=O)CCc1ccco1. The van der Waals surface area contributed by atoms with Crippen LogP contribution in [0.4, 0.5) is 0 Å². The van der Waals surface area contributed by atoms with Crippen LogP contribution in [-0.2, 0) is 16.0 Å². The van der Waals surface area contributed by atoms with Crippen LogP contribution in [0.2, 0.25) is 0 Å². The van der Waals surface area contributed by atoms with Crippen LogP contribution in [-0.4, -0.2) is 36.6 Å². The monoisotopic (exact) mass is 223 g/mol. The predicted molar refractivity (Wildman–Crippen MR) is 59.0 cm³/mol. The number of carbonyl (C=O) groups excluding carboxylic acids is 1. The van der Waals surface area contributed by atoms with E-state index in [9.17, 15) is 4.79 Å². The molecule has 0 spiro atoms. The van der Waals surface area contributed by atoms with Crippen LogP contribution in [0.5, 0.6) is 0 Å². The Hall–Kier alpha value is -1.29. The molecule has 0 radical (unpaired) electrons. The van der Waals surface area contributed by atoms with Crippen LogP contribution < -0.4 is 0 Å². The first kappa shape index (κ1) is 11.2. The minimum atomic E-state index is 0.187. The molecular weight excluding hydrogens is 206 g/mol. The van der Waals surface area contributed by atoms with Crippen molar-refractivity contribution in [2.45, 2.75) is 25.8 Å². The Labute approximate surface area is 95.2 Å². The summed E-state index contributed by atoms with van der Waals surface area (Å²) in [5.74, 6) is 1.06. The normalized spacial score (nSPS) is 21.1. The molecule has 4 heteroatoms. The van der Waals surface area contributed by atoms with Crippen molar-refractivity contribution >= 4 is 5.91 Å². The number of morpholine rings is 1. The van der Waals surface area contributed by atoms with E-state index in [1.54, 1.807) is 6.26 Å². The molecule has 1 aromatic heterocycles. The molecule has 1 fully saturated rings. The minimum Gasteiger partial charge on any atom is -0.469 e. The first-order chi connectivity index (χ1) is 7.77. The molecule has 1 aliphatic heterocycles. The molecule has 1 saturated heterocycles. The summed E-state index contributed by atoms with van der Waals surface area (Å²) in [6, 6.07) is 3.94. The molecule has 0 saturated carbocycles. The number of amides is 1. The summed E-state index contributed by atoms with van der Waals surface area (Å²) in [5.41, 5.74) is 0. The fourth-order valence-corrected chi connectivity index (χ4v) is 1.93. The van der Waals surface area contributed by atoms with Gasteiger partial charge in [-0.15, -0.1) is 0 Å². The van der Waals surface area contributed by atoms with Crippen molar-refractivity contribution < 1.29 is 13.9 Å². The third-order valence-corrected chi connectivity index (χ3v) is 2.85. The maximum absolute atomic E-state index is 11.9. The lowest BCUT2D eigenvalue weighted by Crippen LogP contribution is -2.47. The highest BCUT2D eigenvalue weighted by Crippen LogP contribution is 2.10. The van der Waals surface area contributed by atoms with Crippen molar-refractivity contribution in [1.29, 1.82) is 0 Å². The van der Waals surface area contributed by atoms with Crippen molar-refractivity contribution in [3.05, 3.63) is 24.2 Å². The second-order valence-electron chi connectivity index (χ2n) is 4.09. The topological polar surface area (TPSA) is 42.7 Å². The standard InChI is InChI=1S/C12H17NO3/c1-10-9-15-8-6-13(10)12(14)5-4-11-3-2-7-16-11/h2-3,7,10H,4-6,8-9H2,1H3. The molecule has 0 aromatic carbocycles. The van der Waals surface area contributed by atoms with Crippen molar-refractivity contribution in [3.8, 4) is 0 Å². The molecule has 1 aliphatic rings. The lowest BCUT2D eigenvalue weighted by atomic mass is 10.2. The van der Waals surface area contributed by atoms with Gasteiger partial charge in [0.25, 0.3) is 0 Å². The van der Waals surface area contributed by atoms with Gasteiger partial charge in [0.15, 0.2) is 0 Å². The van der Waals surface area contributed by atoms with E-state index in [-0.39, 0.29) is 11.9 Å². The molecule has 2 rings (SSSR count). The molecule has 0 N–H and O–H groups in total. The van der Waals surface area contributed by atoms with Gasteiger partial charge < -0.3 is 14.1 Å². The van der Waals surface area contributed by atoms with Gasteiger partial charge >= 0.3 is 0 Å². The summed E-state index contributed by atoms with van der Waals surface area (Å²) in [4.78, 5) is 13.8. The van der Waals surface area contributed by atoms with Gasteiger partial charge in [0.1, 0.15) is 5.76 Å². The van der Waals surface area contributed by atoms with Gasteiger partial charge in [-0.3, -0.25) is 4.79 Å². The van der Waals surface area contributed by atoms with Gasteiger partial charge in [-0.1, -0.05) is 0 Å². The lowest BCUT2D eigenvalue weighted by Gasteiger charge is -2.33.